The normalized spacial score (nSPS) is 18.4. The molecule has 0 saturated heterocycles. The second-order valence-corrected chi connectivity index (χ2v) is 4.50. The van der Waals surface area contributed by atoms with Gasteiger partial charge >= 0.3 is 0 Å². The van der Waals surface area contributed by atoms with Gasteiger partial charge in [0.2, 0.25) is 11.8 Å². The van der Waals surface area contributed by atoms with E-state index in [4.69, 9.17) is 11.5 Å². The molecule has 5 nitrogen and oxygen atoms in total. The smallest absolute Gasteiger partial charge is 0.243 e. The van der Waals surface area contributed by atoms with Gasteiger partial charge in [0.1, 0.15) is 0 Å². The molecule has 4 N–H and O–H groups in total. The molecular formula is C10H19N3O2. The van der Waals surface area contributed by atoms with Gasteiger partial charge in [0.05, 0.1) is 12.1 Å². The van der Waals surface area contributed by atoms with Crippen LogP contribution in [-0.4, -0.2) is 34.8 Å². The quantitative estimate of drug-likeness (QED) is 0.665. The number of rotatable bonds is 4. The molecule has 0 aliphatic heterocycles. The van der Waals surface area contributed by atoms with Crippen molar-refractivity contribution < 1.29 is 9.59 Å². The summed E-state index contributed by atoms with van der Waals surface area (Å²) in [5.74, 6) is -0.650. The summed E-state index contributed by atoms with van der Waals surface area (Å²) >= 11 is 0. The average molecular weight is 213 g/mol. The number of amides is 2. The van der Waals surface area contributed by atoms with Crippen molar-refractivity contribution in [2.75, 3.05) is 6.54 Å². The van der Waals surface area contributed by atoms with Crippen LogP contribution in [0.25, 0.3) is 0 Å². The highest BCUT2D eigenvalue weighted by molar-refractivity contribution is 5.90. The Morgan fingerprint density at radius 3 is 2.20 bits per heavy atom. The highest BCUT2D eigenvalue weighted by Gasteiger charge is 2.43. The van der Waals surface area contributed by atoms with Crippen LogP contribution in [0.4, 0.5) is 0 Å². The van der Waals surface area contributed by atoms with Crippen LogP contribution in [0.15, 0.2) is 0 Å². The first-order valence-electron chi connectivity index (χ1n) is 5.25. The standard InChI is InChI=1S/C10H19N3O2/c1-7(2)13(6-8(11)14)9(15)10(12)4-3-5-10/h7H,3-6,12H2,1-2H3,(H2,11,14). The number of primary amides is 1. The Bertz CT molecular complexity index is 272. The molecule has 1 saturated carbocycles. The van der Waals surface area contributed by atoms with Gasteiger partial charge in [0.25, 0.3) is 0 Å². The van der Waals surface area contributed by atoms with E-state index in [0.29, 0.717) is 12.8 Å². The molecule has 0 spiro atoms. The summed E-state index contributed by atoms with van der Waals surface area (Å²) < 4.78 is 0. The van der Waals surface area contributed by atoms with Crippen molar-refractivity contribution >= 4 is 11.8 Å². The first-order valence-corrected chi connectivity index (χ1v) is 5.25. The van der Waals surface area contributed by atoms with Crippen LogP contribution in [0.3, 0.4) is 0 Å². The lowest BCUT2D eigenvalue weighted by Crippen LogP contribution is -2.61. The van der Waals surface area contributed by atoms with E-state index in [1.165, 1.54) is 4.90 Å². The second-order valence-electron chi connectivity index (χ2n) is 4.50. The Hall–Kier alpha value is -1.10. The van der Waals surface area contributed by atoms with Crippen molar-refractivity contribution in [1.29, 1.82) is 0 Å². The van der Waals surface area contributed by atoms with Gasteiger partial charge in [-0.1, -0.05) is 0 Å². The summed E-state index contributed by atoms with van der Waals surface area (Å²) in [6.45, 7) is 3.65. The van der Waals surface area contributed by atoms with Crippen molar-refractivity contribution in [3.8, 4) is 0 Å². The number of nitrogens with zero attached hydrogens (tertiary/aromatic N) is 1. The molecule has 1 fully saturated rings. The van der Waals surface area contributed by atoms with Gasteiger partial charge in [-0.3, -0.25) is 9.59 Å². The predicted octanol–water partition coefficient (Wildman–Crippen LogP) is -0.410. The van der Waals surface area contributed by atoms with E-state index in [1.54, 1.807) is 0 Å². The molecule has 15 heavy (non-hydrogen) atoms. The van der Waals surface area contributed by atoms with Gasteiger partial charge in [-0.05, 0) is 33.1 Å². The Kier molecular flexibility index (Phi) is 3.34. The predicted molar refractivity (Wildman–Crippen MR) is 56.8 cm³/mol. The largest absolute Gasteiger partial charge is 0.368 e. The molecule has 0 aromatic rings. The Morgan fingerprint density at radius 2 is 1.93 bits per heavy atom. The topological polar surface area (TPSA) is 89.4 Å². The third-order valence-electron chi connectivity index (χ3n) is 2.88. The average Bonchev–Trinajstić information content (AvgIpc) is 2.08. The number of hydrogen-bond acceptors (Lipinski definition) is 3. The number of carbonyl (C=O) groups is 2. The fourth-order valence-electron chi connectivity index (χ4n) is 1.71. The number of hydrogen-bond donors (Lipinski definition) is 2. The van der Waals surface area contributed by atoms with Crippen LogP contribution in [0.1, 0.15) is 33.1 Å². The molecule has 0 heterocycles. The van der Waals surface area contributed by atoms with Crippen LogP contribution in [0, 0.1) is 0 Å². The Morgan fingerprint density at radius 1 is 1.40 bits per heavy atom. The third kappa shape index (κ3) is 2.47. The minimum absolute atomic E-state index is 0.0462. The maximum Gasteiger partial charge on any atom is 0.243 e. The summed E-state index contributed by atoms with van der Waals surface area (Å²) in [4.78, 5) is 24.3. The number of carbonyl (C=O) groups excluding carboxylic acids is 2. The fraction of sp³-hybridized carbons (Fsp3) is 0.800. The van der Waals surface area contributed by atoms with E-state index in [9.17, 15) is 9.59 Å². The van der Waals surface area contributed by atoms with Crippen LogP contribution < -0.4 is 11.5 Å². The van der Waals surface area contributed by atoms with Gasteiger partial charge in [0, 0.05) is 6.04 Å². The first-order chi connectivity index (χ1) is 6.87. The zero-order valence-corrected chi connectivity index (χ0v) is 9.32. The molecule has 1 aliphatic rings. The maximum atomic E-state index is 12.0. The molecule has 2 amide bonds. The zero-order chi connectivity index (χ0) is 11.6. The summed E-state index contributed by atoms with van der Waals surface area (Å²) in [6, 6.07) is -0.0500. The molecule has 1 aliphatic carbocycles. The lowest BCUT2D eigenvalue weighted by molar-refractivity contribution is -0.144. The zero-order valence-electron chi connectivity index (χ0n) is 9.32. The van der Waals surface area contributed by atoms with E-state index in [1.807, 2.05) is 13.8 Å². The van der Waals surface area contributed by atoms with Crippen LogP contribution in [0.5, 0.6) is 0 Å². The lowest BCUT2D eigenvalue weighted by atomic mass is 9.76. The summed E-state index contributed by atoms with van der Waals surface area (Å²) in [5, 5.41) is 0. The fourth-order valence-corrected chi connectivity index (χ4v) is 1.71. The van der Waals surface area contributed by atoms with E-state index in [0.717, 1.165) is 6.42 Å². The van der Waals surface area contributed by atoms with Crippen LogP contribution >= 0.6 is 0 Å². The van der Waals surface area contributed by atoms with Crippen LogP contribution in [-0.2, 0) is 9.59 Å². The molecule has 1 rings (SSSR count). The minimum atomic E-state index is -0.750. The van der Waals surface area contributed by atoms with Crippen molar-refractivity contribution in [2.45, 2.75) is 44.7 Å². The Balaban J connectivity index is 2.71. The number of nitrogens with two attached hydrogens (primary N) is 2. The lowest BCUT2D eigenvalue weighted by Gasteiger charge is -2.41. The highest BCUT2D eigenvalue weighted by Crippen LogP contribution is 2.31. The van der Waals surface area contributed by atoms with Crippen molar-refractivity contribution in [1.82, 2.24) is 4.90 Å². The maximum absolute atomic E-state index is 12.0. The monoisotopic (exact) mass is 213 g/mol. The van der Waals surface area contributed by atoms with Crippen molar-refractivity contribution in [3.63, 3.8) is 0 Å². The molecular weight excluding hydrogens is 194 g/mol. The summed E-state index contributed by atoms with van der Waals surface area (Å²) in [7, 11) is 0. The van der Waals surface area contributed by atoms with E-state index >= 15 is 0 Å². The highest BCUT2D eigenvalue weighted by atomic mass is 16.2. The summed E-state index contributed by atoms with van der Waals surface area (Å²) in [5.41, 5.74) is 10.3. The van der Waals surface area contributed by atoms with Gasteiger partial charge < -0.3 is 16.4 Å². The third-order valence-corrected chi connectivity index (χ3v) is 2.88. The molecule has 0 bridgehead atoms. The van der Waals surface area contributed by atoms with E-state index in [2.05, 4.69) is 0 Å². The molecule has 0 aromatic carbocycles. The molecule has 0 aromatic heterocycles. The molecule has 0 unspecified atom stereocenters. The second kappa shape index (κ2) is 4.18. The van der Waals surface area contributed by atoms with Crippen molar-refractivity contribution in [2.24, 2.45) is 11.5 Å². The molecule has 0 atom stereocenters. The molecule has 5 heteroatoms. The van der Waals surface area contributed by atoms with Gasteiger partial charge in [-0.25, -0.2) is 0 Å². The molecule has 0 radical (unpaired) electrons. The van der Waals surface area contributed by atoms with Gasteiger partial charge in [-0.2, -0.15) is 0 Å². The van der Waals surface area contributed by atoms with Gasteiger partial charge in [-0.15, -0.1) is 0 Å². The molecule has 86 valence electrons. The summed E-state index contributed by atoms with van der Waals surface area (Å²) in [6.07, 6.45) is 2.38. The van der Waals surface area contributed by atoms with Crippen molar-refractivity contribution in [3.05, 3.63) is 0 Å². The van der Waals surface area contributed by atoms with E-state index in [-0.39, 0.29) is 18.5 Å². The van der Waals surface area contributed by atoms with E-state index < -0.39 is 11.4 Å². The Labute approximate surface area is 89.8 Å². The SMILES string of the molecule is CC(C)N(CC(N)=O)C(=O)C1(N)CCC1. The van der Waals surface area contributed by atoms with Gasteiger partial charge in [0.15, 0.2) is 0 Å². The first kappa shape index (κ1) is 12.0. The van der Waals surface area contributed by atoms with Crippen LogP contribution in [0.2, 0.25) is 0 Å². The minimum Gasteiger partial charge on any atom is -0.368 e.